The molecule has 1 saturated carbocycles. The molecule has 2 aromatic carbocycles. The van der Waals surface area contributed by atoms with Gasteiger partial charge >= 0.3 is 5.97 Å². The molecule has 0 aliphatic heterocycles. The zero-order valence-electron chi connectivity index (χ0n) is 18.4. The highest BCUT2D eigenvalue weighted by atomic mass is 16.5. The summed E-state index contributed by atoms with van der Waals surface area (Å²) < 4.78 is 36.8. The third-order valence-corrected chi connectivity index (χ3v) is 5.74. The third-order valence-electron chi connectivity index (χ3n) is 5.74. The maximum Gasteiger partial charge on any atom is 0.315 e. The fourth-order valence-corrected chi connectivity index (χ4v) is 3.91. The molecule has 0 unspecified atom stereocenters. The second kappa shape index (κ2) is 7.43. The van der Waals surface area contributed by atoms with Crippen LogP contribution in [0.4, 0.5) is 0 Å². The van der Waals surface area contributed by atoms with Crippen LogP contribution in [0.25, 0.3) is 11.1 Å². The van der Waals surface area contributed by atoms with Crippen LogP contribution in [0.3, 0.4) is 0 Å². The molecule has 2 aliphatic rings. The van der Waals surface area contributed by atoms with Crippen LogP contribution in [-0.2, 0) is 16.0 Å². The molecule has 6 heteroatoms. The van der Waals surface area contributed by atoms with E-state index in [9.17, 15) is 9.59 Å². The number of ether oxygens (including phenoxy) is 4. The molecule has 6 nitrogen and oxygen atoms in total. The molecule has 2 aliphatic carbocycles. The SMILES string of the molecule is [2H]C([2H])Oc1ccc(-c2cccc3c2CCC3=O)c(OCC2(C(=O)OC)CC2)c1OC. The first-order valence-corrected chi connectivity index (χ1v) is 9.49. The molecule has 1 fully saturated rings. The number of carbonyl (C=O) groups is 2. The average molecular weight is 398 g/mol. The monoisotopic (exact) mass is 398 g/mol. The summed E-state index contributed by atoms with van der Waals surface area (Å²) in [6, 6.07) is 8.97. The van der Waals surface area contributed by atoms with Crippen molar-refractivity contribution >= 4 is 11.8 Å². The van der Waals surface area contributed by atoms with Gasteiger partial charge in [-0.05, 0) is 42.5 Å². The van der Waals surface area contributed by atoms with E-state index < -0.39 is 12.5 Å². The summed E-state index contributed by atoms with van der Waals surface area (Å²) in [5.74, 6) is 0.583. The van der Waals surface area contributed by atoms with Crippen molar-refractivity contribution in [1.29, 1.82) is 0 Å². The Bertz CT molecular complexity index is 1030. The van der Waals surface area contributed by atoms with Crippen LogP contribution in [0.15, 0.2) is 30.3 Å². The molecule has 4 rings (SSSR count). The minimum atomic E-state index is -1.55. The average Bonchev–Trinajstić information content (AvgIpc) is 3.47. The minimum absolute atomic E-state index is 0.103. The lowest BCUT2D eigenvalue weighted by Crippen LogP contribution is -2.25. The maximum absolute atomic E-state index is 12.2. The fourth-order valence-electron chi connectivity index (χ4n) is 3.91. The number of methoxy groups -OCH3 is 3. The lowest BCUT2D eigenvalue weighted by molar-refractivity contribution is -0.148. The summed E-state index contributed by atoms with van der Waals surface area (Å²) in [6.07, 6.45) is 2.44. The summed E-state index contributed by atoms with van der Waals surface area (Å²) in [6.45, 7) is 0.103. The number of fused-ring (bicyclic) bond motifs is 1. The minimum Gasteiger partial charge on any atom is -0.493 e. The molecule has 0 atom stereocenters. The van der Waals surface area contributed by atoms with Crippen molar-refractivity contribution in [2.75, 3.05) is 27.9 Å². The van der Waals surface area contributed by atoms with Gasteiger partial charge in [0.1, 0.15) is 12.0 Å². The first-order valence-electron chi connectivity index (χ1n) is 10.6. The molecule has 29 heavy (non-hydrogen) atoms. The van der Waals surface area contributed by atoms with Crippen molar-refractivity contribution in [2.45, 2.75) is 25.7 Å². The van der Waals surface area contributed by atoms with Gasteiger partial charge in [-0.25, -0.2) is 0 Å². The molecule has 0 N–H and O–H groups in total. The third kappa shape index (κ3) is 3.22. The van der Waals surface area contributed by atoms with E-state index in [1.165, 1.54) is 14.2 Å². The van der Waals surface area contributed by atoms with Gasteiger partial charge in [0, 0.05) is 17.5 Å². The predicted molar refractivity (Wildman–Crippen MR) is 107 cm³/mol. The highest BCUT2D eigenvalue weighted by Gasteiger charge is 2.52. The Labute approximate surface area is 172 Å². The van der Waals surface area contributed by atoms with Crippen molar-refractivity contribution in [2.24, 2.45) is 5.41 Å². The molecule has 2 aromatic rings. The molecule has 0 aromatic heterocycles. The highest BCUT2D eigenvalue weighted by molar-refractivity contribution is 6.02. The standard InChI is InChI=1S/C23H24O6/c1-26-19-10-8-17(14-5-4-6-16-15(14)7-9-18(16)24)20(21(19)27-2)29-13-23(11-12-23)22(25)28-3/h4-6,8,10H,7,9,11-13H2,1-3H3/i1D2. The van der Waals surface area contributed by atoms with Gasteiger partial charge in [-0.2, -0.15) is 0 Å². The predicted octanol–water partition coefficient (Wildman–Crippen LogP) is 3.83. The van der Waals surface area contributed by atoms with Crippen LogP contribution in [0.2, 0.25) is 0 Å². The van der Waals surface area contributed by atoms with E-state index in [1.807, 2.05) is 18.2 Å². The number of hydrogen-bond donors (Lipinski definition) is 0. The lowest BCUT2D eigenvalue weighted by Gasteiger charge is -2.21. The Morgan fingerprint density at radius 2 is 1.83 bits per heavy atom. The molecule has 152 valence electrons. The number of rotatable bonds is 7. The van der Waals surface area contributed by atoms with E-state index in [1.54, 1.807) is 12.1 Å². The summed E-state index contributed by atoms with van der Waals surface area (Å²) >= 11 is 0. The Morgan fingerprint density at radius 3 is 2.52 bits per heavy atom. The molecule has 0 heterocycles. The quantitative estimate of drug-likeness (QED) is 0.660. The maximum atomic E-state index is 12.2. The van der Waals surface area contributed by atoms with Crippen LogP contribution in [-0.4, -0.2) is 39.6 Å². The second-order valence-electron chi connectivity index (χ2n) is 7.41. The first-order chi connectivity index (χ1) is 14.9. The van der Waals surface area contributed by atoms with Crippen molar-refractivity contribution in [3.05, 3.63) is 41.5 Å². The zero-order valence-corrected chi connectivity index (χ0v) is 16.4. The lowest BCUT2D eigenvalue weighted by atomic mass is 9.95. The Kier molecular flexibility index (Phi) is 4.33. The molecule has 0 bridgehead atoms. The van der Waals surface area contributed by atoms with Gasteiger partial charge in [0.05, 0.1) is 24.0 Å². The summed E-state index contributed by atoms with van der Waals surface area (Å²) in [4.78, 5) is 24.4. The zero-order chi connectivity index (χ0) is 22.2. The molecule has 0 amide bonds. The smallest absolute Gasteiger partial charge is 0.315 e. The van der Waals surface area contributed by atoms with E-state index in [0.717, 1.165) is 11.1 Å². The van der Waals surface area contributed by atoms with E-state index in [4.69, 9.17) is 21.7 Å². The van der Waals surface area contributed by atoms with Crippen LogP contribution in [0, 0.1) is 5.41 Å². The van der Waals surface area contributed by atoms with Crippen LogP contribution in [0.5, 0.6) is 17.2 Å². The van der Waals surface area contributed by atoms with Gasteiger partial charge in [-0.15, -0.1) is 0 Å². The van der Waals surface area contributed by atoms with Crippen molar-refractivity contribution < 1.29 is 31.3 Å². The van der Waals surface area contributed by atoms with Gasteiger partial charge < -0.3 is 18.9 Å². The Morgan fingerprint density at radius 1 is 1.03 bits per heavy atom. The number of benzene rings is 2. The van der Waals surface area contributed by atoms with Crippen molar-refractivity contribution in [3.8, 4) is 28.4 Å². The largest absolute Gasteiger partial charge is 0.493 e. The number of Topliss-reactive ketones (excluding diaryl/α,β-unsaturated/α-hetero) is 1. The first kappa shape index (κ1) is 16.9. The summed E-state index contributed by atoms with van der Waals surface area (Å²) in [7, 11) is 1.26. The Hall–Kier alpha value is -3.02. The molecule has 0 saturated heterocycles. The van der Waals surface area contributed by atoms with Crippen LogP contribution in [0.1, 0.15) is 37.9 Å². The van der Waals surface area contributed by atoms with Crippen molar-refractivity contribution in [3.63, 3.8) is 0 Å². The van der Waals surface area contributed by atoms with Crippen LogP contribution < -0.4 is 14.2 Å². The molecular formula is C23H24O6. The van der Waals surface area contributed by atoms with E-state index in [-0.39, 0.29) is 29.9 Å². The van der Waals surface area contributed by atoms with E-state index >= 15 is 0 Å². The molecular weight excluding hydrogens is 372 g/mol. The van der Waals surface area contributed by atoms with Gasteiger partial charge in [0.25, 0.3) is 0 Å². The normalized spacial score (nSPS) is 17.3. The van der Waals surface area contributed by atoms with E-state index in [2.05, 4.69) is 0 Å². The number of esters is 1. The second-order valence-corrected chi connectivity index (χ2v) is 7.41. The summed E-state index contributed by atoms with van der Waals surface area (Å²) in [5.41, 5.74) is 2.51. The Balaban J connectivity index is 1.80. The van der Waals surface area contributed by atoms with Gasteiger partial charge in [-0.3, -0.25) is 9.59 Å². The number of carbonyl (C=O) groups excluding carboxylic acids is 2. The van der Waals surface area contributed by atoms with Crippen LogP contribution >= 0.6 is 0 Å². The topological polar surface area (TPSA) is 71.1 Å². The number of ketones is 1. The van der Waals surface area contributed by atoms with Gasteiger partial charge in [0.15, 0.2) is 17.3 Å². The number of hydrogen-bond acceptors (Lipinski definition) is 6. The van der Waals surface area contributed by atoms with Crippen molar-refractivity contribution in [1.82, 2.24) is 0 Å². The van der Waals surface area contributed by atoms with Gasteiger partial charge in [-0.1, -0.05) is 18.2 Å². The van der Waals surface area contributed by atoms with Gasteiger partial charge in [0.2, 0.25) is 5.75 Å². The molecule has 0 radical (unpaired) electrons. The highest BCUT2D eigenvalue weighted by Crippen LogP contribution is 2.50. The summed E-state index contributed by atoms with van der Waals surface area (Å²) in [5, 5.41) is 0. The van der Waals surface area contributed by atoms with E-state index in [0.29, 0.717) is 42.6 Å². The fraction of sp³-hybridized carbons (Fsp3) is 0.391. The molecule has 0 spiro atoms.